The van der Waals surface area contributed by atoms with Gasteiger partial charge in [0.2, 0.25) is 11.7 Å². The van der Waals surface area contributed by atoms with E-state index in [1.165, 1.54) is 45.2 Å². The summed E-state index contributed by atoms with van der Waals surface area (Å²) in [4.78, 5) is 25.1. The van der Waals surface area contributed by atoms with Crippen molar-refractivity contribution < 1.29 is 23.8 Å². The molecule has 2 aromatic carbocycles. The summed E-state index contributed by atoms with van der Waals surface area (Å²) in [5.74, 6) is 0.447. The fourth-order valence-electron chi connectivity index (χ4n) is 2.11. The van der Waals surface area contributed by atoms with Crippen molar-refractivity contribution in [1.29, 1.82) is 0 Å². The Labute approximate surface area is 156 Å². The van der Waals surface area contributed by atoms with Crippen LogP contribution in [0.2, 0.25) is 0 Å². The summed E-state index contributed by atoms with van der Waals surface area (Å²) < 4.78 is 15.6. The van der Waals surface area contributed by atoms with Crippen molar-refractivity contribution in [1.82, 2.24) is 10.9 Å². The predicted molar refractivity (Wildman–Crippen MR) is 98.9 cm³/mol. The zero-order valence-corrected chi connectivity index (χ0v) is 15.5. The summed E-state index contributed by atoms with van der Waals surface area (Å²) >= 11 is 1.37. The summed E-state index contributed by atoms with van der Waals surface area (Å²) in [6.45, 7) is 0. The summed E-state index contributed by atoms with van der Waals surface area (Å²) in [5.41, 5.74) is 5.01. The van der Waals surface area contributed by atoms with Gasteiger partial charge in [-0.2, -0.15) is 0 Å². The molecule has 7 nitrogen and oxygen atoms in total. The molecule has 2 rings (SSSR count). The van der Waals surface area contributed by atoms with Crippen LogP contribution in [0.4, 0.5) is 0 Å². The van der Waals surface area contributed by atoms with Crippen LogP contribution in [0.1, 0.15) is 10.4 Å². The number of nitrogens with one attached hydrogen (secondary N) is 2. The standard InChI is InChI=1S/C18H20N2O5S/c1-23-14-9-12(10-15(24-2)17(14)25-3)18(22)20-19-16(21)11-26-13-7-5-4-6-8-13/h4-10H,11H2,1-3H3,(H,19,21)(H,20,22). The van der Waals surface area contributed by atoms with Crippen molar-refractivity contribution in [3.05, 3.63) is 48.0 Å². The molecule has 0 bridgehead atoms. The van der Waals surface area contributed by atoms with Crippen LogP contribution in [0, 0.1) is 0 Å². The number of hydrazine groups is 1. The van der Waals surface area contributed by atoms with Gasteiger partial charge in [-0.1, -0.05) is 18.2 Å². The molecule has 0 radical (unpaired) electrons. The number of hydrogen-bond acceptors (Lipinski definition) is 6. The third kappa shape index (κ3) is 5.06. The lowest BCUT2D eigenvalue weighted by atomic mass is 10.1. The number of hydrogen-bond donors (Lipinski definition) is 2. The molecule has 0 saturated heterocycles. The van der Waals surface area contributed by atoms with Gasteiger partial charge in [0.25, 0.3) is 5.91 Å². The van der Waals surface area contributed by atoms with E-state index >= 15 is 0 Å². The van der Waals surface area contributed by atoms with Gasteiger partial charge in [0.05, 0.1) is 27.1 Å². The minimum Gasteiger partial charge on any atom is -0.493 e. The molecule has 0 aliphatic carbocycles. The van der Waals surface area contributed by atoms with Crippen LogP contribution in [0.25, 0.3) is 0 Å². The van der Waals surface area contributed by atoms with E-state index in [4.69, 9.17) is 14.2 Å². The van der Waals surface area contributed by atoms with Crippen LogP contribution >= 0.6 is 11.8 Å². The minimum atomic E-state index is -0.498. The Balaban J connectivity index is 1.95. The molecule has 0 aliphatic rings. The normalized spacial score (nSPS) is 9.96. The van der Waals surface area contributed by atoms with E-state index < -0.39 is 5.91 Å². The largest absolute Gasteiger partial charge is 0.493 e. The number of ether oxygens (including phenoxy) is 3. The molecule has 0 atom stereocenters. The first-order valence-electron chi connectivity index (χ1n) is 7.66. The van der Waals surface area contributed by atoms with Crippen molar-refractivity contribution in [2.24, 2.45) is 0 Å². The summed E-state index contributed by atoms with van der Waals surface area (Å²) in [5, 5.41) is 0. The maximum atomic E-state index is 12.3. The maximum absolute atomic E-state index is 12.3. The lowest BCUT2D eigenvalue weighted by Crippen LogP contribution is -2.42. The zero-order chi connectivity index (χ0) is 18.9. The van der Waals surface area contributed by atoms with Crippen LogP contribution in [0.5, 0.6) is 17.2 Å². The average molecular weight is 376 g/mol. The van der Waals surface area contributed by atoms with Gasteiger partial charge in [0.1, 0.15) is 0 Å². The van der Waals surface area contributed by atoms with Crippen molar-refractivity contribution in [2.75, 3.05) is 27.1 Å². The first kappa shape index (κ1) is 19.5. The molecule has 26 heavy (non-hydrogen) atoms. The smallest absolute Gasteiger partial charge is 0.269 e. The van der Waals surface area contributed by atoms with Crippen molar-refractivity contribution in [3.8, 4) is 17.2 Å². The predicted octanol–water partition coefficient (Wildman–Crippen LogP) is 2.27. The van der Waals surface area contributed by atoms with Gasteiger partial charge in [-0.25, -0.2) is 0 Å². The third-order valence-electron chi connectivity index (χ3n) is 3.36. The second-order valence-electron chi connectivity index (χ2n) is 5.02. The molecule has 0 heterocycles. The molecular formula is C18H20N2O5S. The van der Waals surface area contributed by atoms with Gasteiger partial charge < -0.3 is 14.2 Å². The lowest BCUT2D eigenvalue weighted by Gasteiger charge is -2.14. The highest BCUT2D eigenvalue weighted by atomic mass is 32.2. The molecule has 0 fully saturated rings. The van der Waals surface area contributed by atoms with E-state index in [0.717, 1.165) is 4.90 Å². The Morgan fingerprint density at radius 1 is 0.923 bits per heavy atom. The Bertz CT molecular complexity index is 742. The number of methoxy groups -OCH3 is 3. The van der Waals surface area contributed by atoms with Gasteiger partial charge >= 0.3 is 0 Å². The molecule has 0 spiro atoms. The fraction of sp³-hybridized carbons (Fsp3) is 0.222. The van der Waals surface area contributed by atoms with Gasteiger partial charge in [-0.15, -0.1) is 11.8 Å². The molecular weight excluding hydrogens is 356 g/mol. The van der Waals surface area contributed by atoms with E-state index in [1.54, 1.807) is 0 Å². The highest BCUT2D eigenvalue weighted by Crippen LogP contribution is 2.38. The summed E-state index contributed by atoms with van der Waals surface area (Å²) in [7, 11) is 4.40. The van der Waals surface area contributed by atoms with Crippen molar-refractivity contribution in [3.63, 3.8) is 0 Å². The SMILES string of the molecule is COc1cc(C(=O)NNC(=O)CSc2ccccc2)cc(OC)c1OC. The van der Waals surface area contributed by atoms with Gasteiger partial charge in [0, 0.05) is 10.5 Å². The van der Waals surface area contributed by atoms with E-state index in [2.05, 4.69) is 10.9 Å². The second kappa shape index (κ2) is 9.57. The number of rotatable bonds is 7. The van der Waals surface area contributed by atoms with Gasteiger partial charge in [0.15, 0.2) is 11.5 Å². The van der Waals surface area contributed by atoms with E-state index in [9.17, 15) is 9.59 Å². The zero-order valence-electron chi connectivity index (χ0n) is 14.7. The molecule has 0 saturated carbocycles. The molecule has 0 aromatic heterocycles. The maximum Gasteiger partial charge on any atom is 0.269 e. The Morgan fingerprint density at radius 3 is 2.08 bits per heavy atom. The summed E-state index contributed by atoms with van der Waals surface area (Å²) in [6, 6.07) is 12.5. The van der Waals surface area contributed by atoms with Crippen LogP contribution in [-0.4, -0.2) is 38.9 Å². The molecule has 138 valence electrons. The minimum absolute atomic E-state index is 0.180. The molecule has 0 aliphatic heterocycles. The van der Waals surface area contributed by atoms with E-state index in [-0.39, 0.29) is 17.2 Å². The number of benzene rings is 2. The molecule has 2 N–H and O–H groups in total. The monoisotopic (exact) mass is 376 g/mol. The highest BCUT2D eigenvalue weighted by molar-refractivity contribution is 8.00. The quantitative estimate of drug-likeness (QED) is 0.570. The number of thioether (sulfide) groups is 1. The molecule has 0 unspecified atom stereocenters. The molecule has 8 heteroatoms. The van der Waals surface area contributed by atoms with Crippen molar-refractivity contribution >= 4 is 23.6 Å². The van der Waals surface area contributed by atoms with E-state index in [0.29, 0.717) is 17.2 Å². The fourth-order valence-corrected chi connectivity index (χ4v) is 2.83. The number of carbonyl (C=O) groups excluding carboxylic acids is 2. The Hall–Kier alpha value is -2.87. The first-order chi connectivity index (χ1) is 12.6. The lowest BCUT2D eigenvalue weighted by molar-refractivity contribution is -0.119. The summed E-state index contributed by atoms with van der Waals surface area (Å²) in [6.07, 6.45) is 0. The number of carbonyl (C=O) groups is 2. The Morgan fingerprint density at radius 2 is 1.54 bits per heavy atom. The Kier molecular flexibility index (Phi) is 7.16. The van der Waals surface area contributed by atoms with Crippen LogP contribution in [-0.2, 0) is 4.79 Å². The highest BCUT2D eigenvalue weighted by Gasteiger charge is 2.17. The van der Waals surface area contributed by atoms with Gasteiger partial charge in [-0.05, 0) is 24.3 Å². The molecule has 2 amide bonds. The first-order valence-corrected chi connectivity index (χ1v) is 8.64. The van der Waals surface area contributed by atoms with E-state index in [1.807, 2.05) is 30.3 Å². The average Bonchev–Trinajstić information content (AvgIpc) is 2.69. The van der Waals surface area contributed by atoms with Gasteiger partial charge in [-0.3, -0.25) is 20.4 Å². The second-order valence-corrected chi connectivity index (χ2v) is 6.07. The number of amides is 2. The van der Waals surface area contributed by atoms with Crippen LogP contribution in [0.15, 0.2) is 47.4 Å². The van der Waals surface area contributed by atoms with Crippen molar-refractivity contribution in [2.45, 2.75) is 4.90 Å². The topological polar surface area (TPSA) is 85.9 Å². The van der Waals surface area contributed by atoms with Crippen LogP contribution < -0.4 is 25.1 Å². The third-order valence-corrected chi connectivity index (χ3v) is 4.37. The molecule has 2 aromatic rings. The van der Waals surface area contributed by atoms with Crippen LogP contribution in [0.3, 0.4) is 0 Å².